The second kappa shape index (κ2) is 6.28. The highest BCUT2D eigenvalue weighted by Gasteiger charge is 2.37. The molecule has 4 aromatic rings. The second-order valence-electron chi connectivity index (χ2n) is 8.30. The first-order valence-corrected chi connectivity index (χ1v) is 10.5. The molecule has 3 heterocycles. The Morgan fingerprint density at radius 2 is 1.86 bits per heavy atom. The zero-order valence-electron chi connectivity index (χ0n) is 15.6. The molecule has 0 unspecified atom stereocenters. The largest absolute Gasteiger partial charge is 0.309 e. The first kappa shape index (κ1) is 16.5. The van der Waals surface area contributed by atoms with Gasteiger partial charge in [0, 0.05) is 34.3 Å². The number of rotatable bonds is 4. The predicted molar refractivity (Wildman–Crippen MR) is 112 cm³/mol. The molecule has 0 saturated heterocycles. The summed E-state index contributed by atoms with van der Waals surface area (Å²) >= 11 is 6.13. The summed E-state index contributed by atoms with van der Waals surface area (Å²) in [4.78, 5) is 14.4. The molecule has 0 amide bonds. The third-order valence-corrected chi connectivity index (χ3v) is 6.44. The molecule has 2 aliphatic rings. The van der Waals surface area contributed by atoms with E-state index in [4.69, 9.17) is 21.6 Å². The van der Waals surface area contributed by atoms with E-state index in [1.165, 1.54) is 31.5 Å². The van der Waals surface area contributed by atoms with Gasteiger partial charge in [-0.05, 0) is 68.4 Å². The third-order valence-electron chi connectivity index (χ3n) is 6.20. The Bertz CT molecular complexity index is 1190. The highest BCUT2D eigenvalue weighted by molar-refractivity contribution is 6.31. The topological polar surface area (TPSA) is 43.6 Å². The van der Waals surface area contributed by atoms with Gasteiger partial charge in [0.25, 0.3) is 0 Å². The number of nitrogens with zero attached hydrogens (tertiary/aromatic N) is 4. The number of aromatic nitrogens is 4. The van der Waals surface area contributed by atoms with Gasteiger partial charge in [-0.25, -0.2) is 9.97 Å². The average Bonchev–Trinajstić information content (AvgIpc) is 3.45. The first-order chi connectivity index (χ1) is 13.7. The maximum atomic E-state index is 6.13. The van der Waals surface area contributed by atoms with Crippen molar-refractivity contribution < 1.29 is 0 Å². The van der Waals surface area contributed by atoms with Gasteiger partial charge in [0.1, 0.15) is 11.3 Å². The molecule has 2 saturated carbocycles. The molecule has 4 nitrogen and oxygen atoms in total. The van der Waals surface area contributed by atoms with Crippen LogP contribution in [-0.2, 0) is 6.42 Å². The molecule has 3 aromatic heterocycles. The molecular weight excluding hydrogens is 368 g/mol. The van der Waals surface area contributed by atoms with Crippen LogP contribution in [0.4, 0.5) is 0 Å². The van der Waals surface area contributed by atoms with Crippen LogP contribution in [0.15, 0.2) is 48.7 Å². The van der Waals surface area contributed by atoms with E-state index in [9.17, 15) is 0 Å². The summed E-state index contributed by atoms with van der Waals surface area (Å²) in [6, 6.07) is 14.8. The van der Waals surface area contributed by atoms with Crippen LogP contribution < -0.4 is 0 Å². The van der Waals surface area contributed by atoms with Crippen molar-refractivity contribution in [2.75, 3.05) is 0 Å². The molecule has 0 N–H and O–H groups in total. The van der Waals surface area contributed by atoms with Gasteiger partial charge in [-0.15, -0.1) is 0 Å². The highest BCUT2D eigenvalue weighted by Crippen LogP contribution is 2.47. The van der Waals surface area contributed by atoms with Gasteiger partial charge in [-0.1, -0.05) is 23.7 Å². The smallest absolute Gasteiger partial charge is 0.160 e. The van der Waals surface area contributed by atoms with Gasteiger partial charge in [0.15, 0.2) is 5.65 Å². The molecule has 0 aliphatic heterocycles. The lowest BCUT2D eigenvalue weighted by Crippen LogP contribution is -2.29. The van der Waals surface area contributed by atoms with E-state index in [1.807, 2.05) is 30.5 Å². The second-order valence-corrected chi connectivity index (χ2v) is 8.73. The minimum absolute atomic E-state index is 0.524. The molecule has 140 valence electrons. The van der Waals surface area contributed by atoms with E-state index >= 15 is 0 Å². The Balaban J connectivity index is 1.23. The highest BCUT2D eigenvalue weighted by atomic mass is 35.5. The van der Waals surface area contributed by atoms with E-state index in [0.29, 0.717) is 17.9 Å². The van der Waals surface area contributed by atoms with Crippen molar-refractivity contribution in [2.45, 2.75) is 44.1 Å². The molecule has 6 rings (SSSR count). The summed E-state index contributed by atoms with van der Waals surface area (Å²) in [5.41, 5.74) is 4.25. The zero-order chi connectivity index (χ0) is 18.7. The Morgan fingerprint density at radius 3 is 2.71 bits per heavy atom. The number of halogens is 1. The Hall–Kier alpha value is -2.46. The maximum Gasteiger partial charge on any atom is 0.160 e. The van der Waals surface area contributed by atoms with Gasteiger partial charge in [-0.3, -0.25) is 4.98 Å². The van der Waals surface area contributed by atoms with Crippen LogP contribution in [0.1, 0.15) is 49.2 Å². The van der Waals surface area contributed by atoms with Gasteiger partial charge >= 0.3 is 0 Å². The fourth-order valence-corrected chi connectivity index (χ4v) is 4.72. The van der Waals surface area contributed by atoms with Crippen LogP contribution in [0.25, 0.3) is 22.1 Å². The van der Waals surface area contributed by atoms with Gasteiger partial charge < -0.3 is 4.57 Å². The van der Waals surface area contributed by atoms with Crippen molar-refractivity contribution in [3.63, 3.8) is 0 Å². The minimum Gasteiger partial charge on any atom is -0.309 e. The number of hydrogen-bond donors (Lipinski definition) is 0. The van der Waals surface area contributed by atoms with Crippen molar-refractivity contribution in [2.24, 2.45) is 5.92 Å². The predicted octanol–water partition coefficient (Wildman–Crippen LogP) is 5.70. The van der Waals surface area contributed by atoms with Crippen LogP contribution in [0.5, 0.6) is 0 Å². The average molecular weight is 389 g/mol. The van der Waals surface area contributed by atoms with Gasteiger partial charge in [0.05, 0.1) is 5.52 Å². The lowest BCUT2D eigenvalue weighted by molar-refractivity contribution is 0.195. The molecule has 5 heteroatoms. The van der Waals surface area contributed by atoms with Gasteiger partial charge in [-0.2, -0.15) is 0 Å². The molecule has 0 bridgehead atoms. The fourth-order valence-electron chi connectivity index (χ4n) is 4.56. The van der Waals surface area contributed by atoms with Crippen LogP contribution in [0, 0.1) is 5.92 Å². The molecule has 28 heavy (non-hydrogen) atoms. The number of pyridine rings is 2. The number of imidazole rings is 1. The molecule has 0 spiro atoms. The minimum atomic E-state index is 0.524. The van der Waals surface area contributed by atoms with Gasteiger partial charge in [0.2, 0.25) is 0 Å². The Labute approximate surface area is 168 Å². The SMILES string of the molecule is Clc1ccc2ccc(CC3CC(n4c(C5CC5)nc5cccnc54)C3)nc2c1. The van der Waals surface area contributed by atoms with Crippen LogP contribution in [-0.4, -0.2) is 19.5 Å². The number of benzene rings is 1. The number of hydrogen-bond acceptors (Lipinski definition) is 3. The summed E-state index contributed by atoms with van der Waals surface area (Å²) in [6.45, 7) is 0. The molecule has 1 aromatic carbocycles. The summed E-state index contributed by atoms with van der Waals surface area (Å²) in [6.07, 6.45) is 7.80. The van der Waals surface area contributed by atoms with E-state index in [2.05, 4.69) is 27.8 Å². The summed E-state index contributed by atoms with van der Waals surface area (Å²) in [5.74, 6) is 2.57. The van der Waals surface area contributed by atoms with E-state index in [0.717, 1.165) is 39.2 Å². The third kappa shape index (κ3) is 2.78. The van der Waals surface area contributed by atoms with Crippen molar-refractivity contribution in [1.29, 1.82) is 0 Å². The lowest BCUT2D eigenvalue weighted by atomic mass is 9.77. The van der Waals surface area contributed by atoms with Crippen molar-refractivity contribution >= 4 is 33.7 Å². The maximum absolute atomic E-state index is 6.13. The van der Waals surface area contributed by atoms with E-state index < -0.39 is 0 Å². The van der Waals surface area contributed by atoms with Crippen LogP contribution in [0.2, 0.25) is 5.02 Å². The van der Waals surface area contributed by atoms with E-state index in [-0.39, 0.29) is 0 Å². The molecule has 2 fully saturated rings. The standard InChI is InChI=1S/C23H21ClN4/c24-17-7-5-15-6-8-18(26-21(15)13-17)10-14-11-19(12-14)28-22(16-3-4-16)27-20-2-1-9-25-23(20)28/h1-2,5-9,13-14,16,19H,3-4,10-12H2. The molecule has 0 atom stereocenters. The summed E-state index contributed by atoms with van der Waals surface area (Å²) in [5, 5.41) is 1.89. The molecule has 0 radical (unpaired) electrons. The normalized spacial score (nSPS) is 21.9. The fraction of sp³-hybridized carbons (Fsp3) is 0.348. The van der Waals surface area contributed by atoms with E-state index in [1.54, 1.807) is 0 Å². The number of fused-ring (bicyclic) bond motifs is 2. The molecular formula is C23H21ClN4. The Kier molecular flexibility index (Phi) is 3.70. The quantitative estimate of drug-likeness (QED) is 0.450. The van der Waals surface area contributed by atoms with Crippen molar-refractivity contribution in [3.8, 4) is 0 Å². The summed E-state index contributed by atoms with van der Waals surface area (Å²) < 4.78 is 2.44. The van der Waals surface area contributed by atoms with Crippen LogP contribution >= 0.6 is 11.6 Å². The van der Waals surface area contributed by atoms with Crippen molar-refractivity contribution in [3.05, 3.63) is 65.2 Å². The molecule has 2 aliphatic carbocycles. The van der Waals surface area contributed by atoms with Crippen molar-refractivity contribution in [1.82, 2.24) is 19.5 Å². The van der Waals surface area contributed by atoms with Crippen LogP contribution in [0.3, 0.4) is 0 Å². The lowest BCUT2D eigenvalue weighted by Gasteiger charge is -2.37. The monoisotopic (exact) mass is 388 g/mol. The first-order valence-electron chi connectivity index (χ1n) is 10.1. The zero-order valence-corrected chi connectivity index (χ0v) is 16.3. The summed E-state index contributed by atoms with van der Waals surface area (Å²) in [7, 11) is 0. The Morgan fingerprint density at radius 1 is 1.00 bits per heavy atom.